The van der Waals surface area contributed by atoms with E-state index >= 15 is 0 Å². The van der Waals surface area contributed by atoms with E-state index < -0.39 is 54.2 Å². The first-order valence-electron chi connectivity index (χ1n) is 8.79. The van der Waals surface area contributed by atoms with Gasteiger partial charge in [0, 0.05) is 12.6 Å². The van der Waals surface area contributed by atoms with Crippen molar-refractivity contribution in [2.45, 2.75) is 50.6 Å². The number of rotatable bonds is 8. The van der Waals surface area contributed by atoms with Gasteiger partial charge in [-0.2, -0.15) is 0 Å². The molecule has 0 bridgehead atoms. The van der Waals surface area contributed by atoms with Gasteiger partial charge in [0.2, 0.25) is 0 Å². The van der Waals surface area contributed by atoms with Crippen LogP contribution in [0.1, 0.15) is 19.5 Å². The van der Waals surface area contributed by atoms with E-state index in [-0.39, 0.29) is 13.0 Å². The highest BCUT2D eigenvalue weighted by molar-refractivity contribution is 5.74. The van der Waals surface area contributed by atoms with Crippen molar-refractivity contribution < 1.29 is 49.8 Å². The van der Waals surface area contributed by atoms with E-state index in [1.54, 1.807) is 6.20 Å². The number of aliphatic hydroxyl groups excluding tert-OH is 2. The Morgan fingerprint density at radius 1 is 0.906 bits per heavy atom. The van der Waals surface area contributed by atoms with Crippen LogP contribution in [0.2, 0.25) is 0 Å². The second kappa shape index (κ2) is 18.6. The molecule has 5 atom stereocenters. The van der Waals surface area contributed by atoms with Gasteiger partial charge in [0.15, 0.2) is 0 Å². The third-order valence-corrected chi connectivity index (χ3v) is 3.09. The predicted octanol–water partition coefficient (Wildman–Crippen LogP) is -4.05. The van der Waals surface area contributed by atoms with E-state index in [0.29, 0.717) is 5.69 Å². The fraction of sp³-hybridized carbons (Fsp3) is 0.562. The van der Waals surface area contributed by atoms with Crippen LogP contribution in [-0.4, -0.2) is 101 Å². The molecule has 0 radical (unpaired) electrons. The molecule has 1 aromatic heterocycles. The Morgan fingerprint density at radius 3 is 1.44 bits per heavy atom. The molecule has 0 saturated heterocycles. The zero-order valence-electron chi connectivity index (χ0n) is 17.5. The number of carboxylic acid groups (broad SMARTS) is 4. The Labute approximate surface area is 182 Å². The molecule has 0 aromatic carbocycles. The van der Waals surface area contributed by atoms with Gasteiger partial charge in [-0.3, -0.25) is 19.2 Å². The van der Waals surface area contributed by atoms with Crippen molar-refractivity contribution in [2.75, 3.05) is 6.54 Å². The number of nitrogens with one attached hydrogen (secondary N) is 1. The topological polar surface area (TPSA) is 322 Å². The number of hydrogen-bond acceptors (Lipinski definition) is 11. The Kier molecular flexibility index (Phi) is 19.5. The summed E-state index contributed by atoms with van der Waals surface area (Å²) in [4.78, 5) is 45.8. The smallest absolute Gasteiger partial charge is 0.323 e. The Hall–Kier alpha value is -3.15. The molecule has 0 fully saturated rings. The van der Waals surface area contributed by atoms with Crippen molar-refractivity contribution >= 4 is 23.9 Å². The van der Waals surface area contributed by atoms with Crippen molar-refractivity contribution in [1.82, 2.24) is 9.97 Å². The lowest BCUT2D eigenvalue weighted by Crippen LogP contribution is -2.39. The summed E-state index contributed by atoms with van der Waals surface area (Å²) in [6.07, 6.45) is 1.42. The number of aliphatic carboxylic acids is 4. The van der Waals surface area contributed by atoms with E-state index in [9.17, 15) is 19.2 Å². The lowest BCUT2D eigenvalue weighted by atomic mass is 10.2. The fourth-order valence-corrected chi connectivity index (χ4v) is 1.13. The summed E-state index contributed by atoms with van der Waals surface area (Å²) in [5.74, 6) is -4.34. The quantitative estimate of drug-likeness (QED) is 0.173. The molecule has 0 aliphatic rings. The lowest BCUT2D eigenvalue weighted by Gasteiger charge is -2.07. The number of hydrogen-bond donors (Lipinski definition) is 11. The summed E-state index contributed by atoms with van der Waals surface area (Å²) in [7, 11) is 0. The molecule has 186 valence electrons. The minimum atomic E-state index is -1.18. The van der Waals surface area contributed by atoms with Crippen molar-refractivity contribution in [3.63, 3.8) is 0 Å². The zero-order chi connectivity index (χ0) is 26.0. The first-order valence-corrected chi connectivity index (χ1v) is 8.79. The van der Waals surface area contributed by atoms with Gasteiger partial charge in [-0.1, -0.05) is 0 Å². The fourth-order valence-electron chi connectivity index (χ4n) is 1.13. The maximum absolute atomic E-state index is 10.3. The van der Waals surface area contributed by atoms with Crippen molar-refractivity contribution in [3.05, 3.63) is 18.2 Å². The second-order valence-corrected chi connectivity index (χ2v) is 6.02. The number of carboxylic acids is 4. The molecule has 0 spiro atoms. The summed E-state index contributed by atoms with van der Waals surface area (Å²) in [5.41, 5.74) is 20.3. The van der Waals surface area contributed by atoms with Gasteiger partial charge in [0.05, 0.1) is 30.8 Å². The molecule has 0 amide bonds. The third-order valence-electron chi connectivity index (χ3n) is 3.09. The van der Waals surface area contributed by atoms with Gasteiger partial charge >= 0.3 is 23.9 Å². The Morgan fingerprint density at radius 2 is 1.28 bits per heavy atom. The first-order chi connectivity index (χ1) is 14.6. The Balaban J connectivity index is -0.000000364. The van der Waals surface area contributed by atoms with E-state index in [0.717, 1.165) is 0 Å². The van der Waals surface area contributed by atoms with Crippen LogP contribution in [0.15, 0.2) is 12.5 Å². The van der Waals surface area contributed by atoms with Crippen molar-refractivity contribution in [2.24, 2.45) is 22.9 Å². The van der Waals surface area contributed by atoms with Gasteiger partial charge in [0.25, 0.3) is 0 Å². The number of nitrogens with two attached hydrogens (primary N) is 4. The van der Waals surface area contributed by atoms with Crippen LogP contribution in [0.3, 0.4) is 0 Å². The average molecular weight is 468 g/mol. The van der Waals surface area contributed by atoms with Crippen molar-refractivity contribution in [1.29, 1.82) is 0 Å². The summed E-state index contributed by atoms with van der Waals surface area (Å²) in [6.45, 7) is 2.39. The summed E-state index contributed by atoms with van der Waals surface area (Å²) in [6, 6.07) is -3.18. The van der Waals surface area contributed by atoms with Crippen LogP contribution in [0, 0.1) is 0 Å². The van der Waals surface area contributed by atoms with Gasteiger partial charge in [0.1, 0.15) is 18.1 Å². The molecular weight excluding hydrogens is 436 g/mol. The molecule has 0 aliphatic carbocycles. The number of carbonyl (C=O) groups is 4. The van der Waals surface area contributed by atoms with E-state index in [1.807, 2.05) is 0 Å². The number of H-pyrrole nitrogens is 1. The standard InChI is InChI=1S/C6H9N3O2.2C4H9NO3.C2H5NO2/c7-5(6(10)11)1-4-2-8-3-9-4;2*1-2(6)3(5)4(7)8;3-1-2(4)5/h2-3,5H,1,7H2,(H,8,9)(H,10,11);2*2-3,6H,5H2,1H3,(H,7,8);1,3H2,(H,4,5)/t5-;2*2-,3+;/m011./s1. The van der Waals surface area contributed by atoms with Gasteiger partial charge in [-0.15, -0.1) is 0 Å². The highest BCUT2D eigenvalue weighted by atomic mass is 16.4. The molecular formula is C16H32N6O10. The first kappa shape index (κ1) is 33.5. The van der Waals surface area contributed by atoms with Gasteiger partial charge in [-0.25, -0.2) is 4.98 Å². The SMILES string of the molecule is C[C@@H](O)[C@H](N)C(=O)O.C[C@@H](O)[C@H](N)C(=O)O.NCC(=O)O.N[C@@H](Cc1c[nH]cn1)C(=O)O. The lowest BCUT2D eigenvalue weighted by molar-refractivity contribution is -0.141. The summed E-state index contributed by atoms with van der Waals surface area (Å²) in [5, 5.41) is 49.1. The maximum Gasteiger partial charge on any atom is 0.323 e. The van der Waals surface area contributed by atoms with Crippen LogP contribution in [-0.2, 0) is 25.6 Å². The molecule has 1 heterocycles. The molecule has 32 heavy (non-hydrogen) atoms. The van der Waals surface area contributed by atoms with Crippen LogP contribution in [0.5, 0.6) is 0 Å². The largest absolute Gasteiger partial charge is 0.480 e. The van der Waals surface area contributed by atoms with Crippen LogP contribution >= 0.6 is 0 Å². The van der Waals surface area contributed by atoms with Gasteiger partial charge in [-0.05, 0) is 13.8 Å². The maximum atomic E-state index is 10.3. The molecule has 15 N–H and O–H groups in total. The Bertz CT molecular complexity index is 644. The normalized spacial score (nSPS) is 14.2. The molecule has 0 unspecified atom stereocenters. The third kappa shape index (κ3) is 20.1. The molecule has 0 aliphatic heterocycles. The highest BCUT2D eigenvalue weighted by Crippen LogP contribution is 1.95. The van der Waals surface area contributed by atoms with Crippen LogP contribution in [0.4, 0.5) is 0 Å². The molecule has 0 saturated carbocycles. The number of nitrogens with zero attached hydrogens (tertiary/aromatic N) is 1. The van der Waals surface area contributed by atoms with Gasteiger partial charge < -0.3 is 58.6 Å². The zero-order valence-corrected chi connectivity index (χ0v) is 17.5. The molecule has 1 aromatic rings. The monoisotopic (exact) mass is 468 g/mol. The second-order valence-electron chi connectivity index (χ2n) is 6.02. The highest BCUT2D eigenvalue weighted by Gasteiger charge is 2.17. The minimum Gasteiger partial charge on any atom is -0.480 e. The van der Waals surface area contributed by atoms with E-state index in [4.69, 9.17) is 47.8 Å². The number of imidazole rings is 1. The molecule has 16 nitrogen and oxygen atoms in total. The van der Waals surface area contributed by atoms with Crippen LogP contribution in [0.25, 0.3) is 0 Å². The van der Waals surface area contributed by atoms with Crippen LogP contribution < -0.4 is 22.9 Å². The molecule has 1 rings (SSSR count). The molecule has 16 heteroatoms. The average Bonchev–Trinajstić information content (AvgIpc) is 3.20. The van der Waals surface area contributed by atoms with E-state index in [2.05, 4.69) is 15.7 Å². The number of aromatic nitrogens is 2. The van der Waals surface area contributed by atoms with E-state index in [1.165, 1.54) is 20.2 Å². The van der Waals surface area contributed by atoms with Crippen molar-refractivity contribution in [3.8, 4) is 0 Å². The minimum absolute atomic E-state index is 0.263. The number of aliphatic hydroxyl groups is 2. The number of aromatic amines is 1. The summed E-state index contributed by atoms with van der Waals surface area (Å²) < 4.78 is 0. The summed E-state index contributed by atoms with van der Waals surface area (Å²) >= 11 is 0. The predicted molar refractivity (Wildman–Crippen MR) is 109 cm³/mol.